The summed E-state index contributed by atoms with van der Waals surface area (Å²) in [6.45, 7) is 3.32. The molecule has 0 bridgehead atoms. The second-order valence-corrected chi connectivity index (χ2v) is 8.73. The zero-order valence-corrected chi connectivity index (χ0v) is 18.3. The first-order valence-corrected chi connectivity index (χ1v) is 11.7. The van der Waals surface area contributed by atoms with Crippen molar-refractivity contribution in [3.63, 3.8) is 0 Å². The van der Waals surface area contributed by atoms with Gasteiger partial charge in [-0.3, -0.25) is 9.59 Å². The van der Waals surface area contributed by atoms with Crippen LogP contribution in [-0.2, 0) is 16.0 Å². The van der Waals surface area contributed by atoms with Crippen LogP contribution in [0.4, 0.5) is 11.4 Å². The highest BCUT2D eigenvalue weighted by Gasteiger charge is 2.28. The molecule has 1 aliphatic carbocycles. The minimum absolute atomic E-state index is 0.0337. The zero-order valence-electron chi connectivity index (χ0n) is 18.3. The Morgan fingerprint density at radius 2 is 1.52 bits per heavy atom. The van der Waals surface area contributed by atoms with E-state index in [4.69, 9.17) is 0 Å². The summed E-state index contributed by atoms with van der Waals surface area (Å²) in [7, 11) is 0. The lowest BCUT2D eigenvalue weighted by Gasteiger charge is -2.38. The summed E-state index contributed by atoms with van der Waals surface area (Å²) < 4.78 is 0. The first-order chi connectivity index (χ1) is 15.2. The fraction of sp³-hybridized carbons (Fsp3) is 0.462. The Balaban J connectivity index is 1.23. The highest BCUT2D eigenvalue weighted by atomic mass is 16.2. The Labute approximate surface area is 185 Å². The summed E-state index contributed by atoms with van der Waals surface area (Å²) in [6.07, 6.45) is 7.03. The summed E-state index contributed by atoms with van der Waals surface area (Å²) in [5.41, 5.74) is 3.15. The van der Waals surface area contributed by atoms with Crippen molar-refractivity contribution in [2.75, 3.05) is 36.4 Å². The number of carbonyl (C=O) groups excluding carboxylic acids is 2. The van der Waals surface area contributed by atoms with E-state index in [0.29, 0.717) is 12.3 Å². The van der Waals surface area contributed by atoms with Gasteiger partial charge in [0.1, 0.15) is 0 Å². The number of carbonyl (C=O) groups is 2. The molecule has 1 heterocycles. The number of benzene rings is 2. The van der Waals surface area contributed by atoms with E-state index in [-0.39, 0.29) is 11.8 Å². The highest BCUT2D eigenvalue weighted by molar-refractivity contribution is 5.91. The number of hydrogen-bond acceptors (Lipinski definition) is 3. The number of aryl methyl sites for hydroxylation is 1. The lowest BCUT2D eigenvalue weighted by Crippen LogP contribution is -2.50. The third-order valence-corrected chi connectivity index (χ3v) is 6.55. The molecule has 2 amide bonds. The predicted octanol–water partition coefficient (Wildman–Crippen LogP) is 4.49. The smallest absolute Gasteiger partial charge is 0.225 e. The number of anilines is 2. The van der Waals surface area contributed by atoms with Crippen LogP contribution in [0, 0.1) is 5.92 Å². The van der Waals surface area contributed by atoms with Crippen LogP contribution in [0.1, 0.15) is 44.1 Å². The molecule has 5 nitrogen and oxygen atoms in total. The fourth-order valence-electron chi connectivity index (χ4n) is 4.67. The van der Waals surface area contributed by atoms with Crippen molar-refractivity contribution in [1.82, 2.24) is 4.90 Å². The average molecular weight is 420 g/mol. The maximum absolute atomic E-state index is 12.8. The lowest BCUT2D eigenvalue weighted by molar-refractivity contribution is -0.136. The monoisotopic (exact) mass is 419 g/mol. The molecule has 5 heteroatoms. The third kappa shape index (κ3) is 5.87. The summed E-state index contributed by atoms with van der Waals surface area (Å²) in [5.74, 6) is 0.657. The molecule has 4 rings (SSSR count). The number of amides is 2. The fourth-order valence-corrected chi connectivity index (χ4v) is 4.67. The van der Waals surface area contributed by atoms with Gasteiger partial charge in [0.15, 0.2) is 0 Å². The van der Waals surface area contributed by atoms with Gasteiger partial charge >= 0.3 is 0 Å². The lowest BCUT2D eigenvalue weighted by atomic mass is 9.88. The van der Waals surface area contributed by atoms with Gasteiger partial charge in [0, 0.05) is 49.9 Å². The molecule has 0 aromatic heterocycles. The molecule has 0 unspecified atom stereocenters. The predicted molar refractivity (Wildman–Crippen MR) is 125 cm³/mol. The van der Waals surface area contributed by atoms with Crippen LogP contribution in [-0.4, -0.2) is 42.9 Å². The molecule has 31 heavy (non-hydrogen) atoms. The Bertz CT molecular complexity index is 852. The van der Waals surface area contributed by atoms with Gasteiger partial charge in [0.25, 0.3) is 0 Å². The van der Waals surface area contributed by atoms with E-state index in [2.05, 4.69) is 27.2 Å². The quantitative estimate of drug-likeness (QED) is 0.751. The van der Waals surface area contributed by atoms with E-state index < -0.39 is 0 Å². The van der Waals surface area contributed by atoms with Crippen molar-refractivity contribution >= 4 is 23.2 Å². The second-order valence-electron chi connectivity index (χ2n) is 8.73. The number of nitrogens with one attached hydrogen (secondary N) is 1. The molecule has 2 aromatic carbocycles. The molecular formula is C26H33N3O2. The van der Waals surface area contributed by atoms with Crippen molar-refractivity contribution in [1.29, 1.82) is 0 Å². The van der Waals surface area contributed by atoms with Gasteiger partial charge in [-0.2, -0.15) is 0 Å². The van der Waals surface area contributed by atoms with Crippen LogP contribution in [0.2, 0.25) is 0 Å². The van der Waals surface area contributed by atoms with E-state index in [1.54, 1.807) is 0 Å². The van der Waals surface area contributed by atoms with Crippen molar-refractivity contribution < 1.29 is 9.59 Å². The summed E-state index contributed by atoms with van der Waals surface area (Å²) in [5, 5.41) is 2.99. The second kappa shape index (κ2) is 10.5. The maximum atomic E-state index is 12.8. The van der Waals surface area contributed by atoms with Crippen molar-refractivity contribution in [2.45, 2.75) is 44.9 Å². The molecule has 0 radical (unpaired) electrons. The van der Waals surface area contributed by atoms with Crippen LogP contribution >= 0.6 is 0 Å². The van der Waals surface area contributed by atoms with Gasteiger partial charge < -0.3 is 15.1 Å². The Kier molecular flexibility index (Phi) is 7.23. The van der Waals surface area contributed by atoms with E-state index in [1.807, 2.05) is 42.5 Å². The van der Waals surface area contributed by atoms with Crippen LogP contribution in [0.5, 0.6) is 0 Å². The molecular weight excluding hydrogens is 386 g/mol. The molecule has 1 saturated carbocycles. The van der Waals surface area contributed by atoms with Gasteiger partial charge in [0.2, 0.25) is 11.8 Å². The van der Waals surface area contributed by atoms with E-state index in [0.717, 1.165) is 56.8 Å². The number of rotatable bonds is 6. The molecule has 0 spiro atoms. The van der Waals surface area contributed by atoms with Gasteiger partial charge in [-0.05, 0) is 49.1 Å². The van der Waals surface area contributed by atoms with E-state index in [9.17, 15) is 9.59 Å². The van der Waals surface area contributed by atoms with Gasteiger partial charge in [-0.1, -0.05) is 49.6 Å². The van der Waals surface area contributed by atoms with Crippen molar-refractivity contribution in [2.24, 2.45) is 5.92 Å². The maximum Gasteiger partial charge on any atom is 0.225 e. The minimum Gasteiger partial charge on any atom is -0.368 e. The summed E-state index contributed by atoms with van der Waals surface area (Å²) >= 11 is 0. The van der Waals surface area contributed by atoms with Gasteiger partial charge in [-0.25, -0.2) is 0 Å². The standard InChI is InChI=1S/C26H33N3O2/c30-25(16-11-21-7-3-1-4-8-21)27-23-12-14-24(15-13-23)28-17-19-29(20-18-28)26(31)22-9-5-2-6-10-22/h1,3-4,7-8,12-15,22H,2,5-6,9-11,16-20H2,(H,27,30). The zero-order chi connectivity index (χ0) is 21.5. The molecule has 1 N–H and O–H groups in total. The summed E-state index contributed by atoms with van der Waals surface area (Å²) in [6, 6.07) is 18.1. The molecule has 1 saturated heterocycles. The van der Waals surface area contributed by atoms with Crippen LogP contribution in [0.25, 0.3) is 0 Å². The molecule has 2 aromatic rings. The third-order valence-electron chi connectivity index (χ3n) is 6.55. The number of piperazine rings is 1. The topological polar surface area (TPSA) is 52.7 Å². The van der Waals surface area contributed by atoms with Crippen molar-refractivity contribution in [3.05, 3.63) is 60.2 Å². The van der Waals surface area contributed by atoms with Crippen LogP contribution in [0.15, 0.2) is 54.6 Å². The highest BCUT2D eigenvalue weighted by Crippen LogP contribution is 2.26. The first kappa shape index (κ1) is 21.4. The SMILES string of the molecule is O=C(CCc1ccccc1)Nc1ccc(N2CCN(C(=O)C3CCCCC3)CC2)cc1. The van der Waals surface area contributed by atoms with E-state index >= 15 is 0 Å². The average Bonchev–Trinajstić information content (AvgIpc) is 2.84. The number of hydrogen-bond donors (Lipinski definition) is 1. The molecule has 0 atom stereocenters. The largest absolute Gasteiger partial charge is 0.368 e. The molecule has 1 aliphatic heterocycles. The van der Waals surface area contributed by atoms with Crippen LogP contribution in [0.3, 0.4) is 0 Å². The molecule has 2 aliphatic rings. The van der Waals surface area contributed by atoms with Gasteiger partial charge in [0.05, 0.1) is 0 Å². The summed E-state index contributed by atoms with van der Waals surface area (Å²) in [4.78, 5) is 29.4. The molecule has 2 fully saturated rings. The van der Waals surface area contributed by atoms with Crippen molar-refractivity contribution in [3.8, 4) is 0 Å². The Morgan fingerprint density at radius 3 is 2.19 bits per heavy atom. The van der Waals surface area contributed by atoms with E-state index in [1.165, 1.54) is 24.8 Å². The first-order valence-electron chi connectivity index (χ1n) is 11.7. The van der Waals surface area contributed by atoms with Gasteiger partial charge in [-0.15, -0.1) is 0 Å². The number of nitrogens with zero attached hydrogens (tertiary/aromatic N) is 2. The minimum atomic E-state index is 0.0337. The Morgan fingerprint density at radius 1 is 0.839 bits per heavy atom. The normalized spacial score (nSPS) is 17.4. The Hall–Kier alpha value is -2.82. The van der Waals surface area contributed by atoms with Crippen LogP contribution < -0.4 is 10.2 Å². The molecule has 164 valence electrons.